The Morgan fingerprint density at radius 2 is 2.33 bits per heavy atom. The lowest BCUT2D eigenvalue weighted by atomic mass is 10.1. The summed E-state index contributed by atoms with van der Waals surface area (Å²) in [5.41, 5.74) is 2.37. The van der Waals surface area contributed by atoms with Gasteiger partial charge in [0.1, 0.15) is 5.52 Å². The smallest absolute Gasteiger partial charge is 0.308 e. The summed E-state index contributed by atoms with van der Waals surface area (Å²) < 4.78 is 5.37. The van der Waals surface area contributed by atoms with Gasteiger partial charge >= 0.3 is 5.97 Å². The number of carboxylic acids is 1. The maximum atomic E-state index is 10.9. The number of fused-ring (bicyclic) bond motifs is 1. The number of rotatable bonds is 5. The number of hydrogen-bond acceptors (Lipinski definition) is 4. The number of nitrogens with zero attached hydrogens (tertiary/aromatic N) is 1. The highest BCUT2D eigenvalue weighted by Crippen LogP contribution is 2.20. The number of benzene rings is 1. The van der Waals surface area contributed by atoms with Gasteiger partial charge < -0.3 is 14.8 Å². The van der Waals surface area contributed by atoms with Gasteiger partial charge in [0.15, 0.2) is 11.5 Å². The van der Waals surface area contributed by atoms with Crippen LogP contribution in [-0.4, -0.2) is 22.6 Å². The van der Waals surface area contributed by atoms with Crippen molar-refractivity contribution in [3.63, 3.8) is 0 Å². The Morgan fingerprint density at radius 1 is 1.56 bits per heavy atom. The van der Waals surface area contributed by atoms with Crippen LogP contribution in [0.5, 0.6) is 0 Å². The first kappa shape index (κ1) is 12.4. The fourth-order valence-electron chi connectivity index (χ4n) is 1.80. The van der Waals surface area contributed by atoms with E-state index in [0.29, 0.717) is 18.9 Å². The third-order valence-electron chi connectivity index (χ3n) is 2.89. The summed E-state index contributed by atoms with van der Waals surface area (Å²) in [4.78, 5) is 15.1. The molecule has 0 amide bonds. The fraction of sp³-hybridized carbons (Fsp3) is 0.385. The molecule has 0 aliphatic heterocycles. The topological polar surface area (TPSA) is 75.4 Å². The highest BCUT2D eigenvalue weighted by molar-refractivity contribution is 5.77. The lowest BCUT2D eigenvalue weighted by Gasteiger charge is -2.11. The highest BCUT2D eigenvalue weighted by Gasteiger charge is 2.14. The molecule has 96 valence electrons. The van der Waals surface area contributed by atoms with Gasteiger partial charge in [0.25, 0.3) is 0 Å². The van der Waals surface area contributed by atoms with Crippen LogP contribution < -0.4 is 5.32 Å². The van der Waals surface area contributed by atoms with Crippen molar-refractivity contribution < 1.29 is 14.3 Å². The first-order valence-electron chi connectivity index (χ1n) is 5.94. The Morgan fingerprint density at radius 3 is 3.00 bits per heavy atom. The maximum Gasteiger partial charge on any atom is 0.308 e. The van der Waals surface area contributed by atoms with Crippen molar-refractivity contribution in [2.24, 2.45) is 5.92 Å². The molecular formula is C13H16N2O3. The van der Waals surface area contributed by atoms with Crippen LogP contribution in [-0.2, 0) is 4.79 Å². The summed E-state index contributed by atoms with van der Waals surface area (Å²) >= 11 is 0. The van der Waals surface area contributed by atoms with E-state index in [1.807, 2.05) is 25.1 Å². The number of aryl methyl sites for hydroxylation is 1. The van der Waals surface area contributed by atoms with Crippen molar-refractivity contribution in [3.05, 3.63) is 24.1 Å². The summed E-state index contributed by atoms with van der Waals surface area (Å²) in [7, 11) is 0. The van der Waals surface area contributed by atoms with Crippen LogP contribution in [0.1, 0.15) is 19.2 Å². The maximum absolute atomic E-state index is 10.9. The minimum atomic E-state index is -0.775. The molecule has 1 aromatic heterocycles. The molecule has 1 aromatic carbocycles. The van der Waals surface area contributed by atoms with E-state index in [4.69, 9.17) is 9.52 Å². The van der Waals surface area contributed by atoms with E-state index in [9.17, 15) is 4.79 Å². The fourth-order valence-corrected chi connectivity index (χ4v) is 1.80. The van der Waals surface area contributed by atoms with Gasteiger partial charge in [0, 0.05) is 19.2 Å². The predicted molar refractivity (Wildman–Crippen MR) is 68.7 cm³/mol. The number of oxazole rings is 1. The molecule has 0 saturated carbocycles. The lowest BCUT2D eigenvalue weighted by molar-refractivity contribution is -0.141. The Kier molecular flexibility index (Phi) is 3.50. The monoisotopic (exact) mass is 248 g/mol. The first-order valence-corrected chi connectivity index (χ1v) is 5.94. The van der Waals surface area contributed by atoms with E-state index < -0.39 is 5.97 Å². The van der Waals surface area contributed by atoms with Gasteiger partial charge in [-0.25, -0.2) is 4.98 Å². The molecule has 2 N–H and O–H groups in total. The SMILES string of the molecule is CCC(CNc1ccc2oc(C)nc2c1)C(=O)O. The summed E-state index contributed by atoms with van der Waals surface area (Å²) in [5.74, 6) is -0.526. The van der Waals surface area contributed by atoms with Crippen LogP contribution in [0.3, 0.4) is 0 Å². The van der Waals surface area contributed by atoms with E-state index in [0.717, 1.165) is 16.8 Å². The molecule has 2 rings (SSSR count). The van der Waals surface area contributed by atoms with Gasteiger partial charge in [0.2, 0.25) is 0 Å². The summed E-state index contributed by atoms with van der Waals surface area (Å²) in [5, 5.41) is 12.1. The quantitative estimate of drug-likeness (QED) is 0.850. The molecule has 0 fully saturated rings. The average Bonchev–Trinajstić information content (AvgIpc) is 2.68. The van der Waals surface area contributed by atoms with Crippen molar-refractivity contribution in [2.45, 2.75) is 20.3 Å². The highest BCUT2D eigenvalue weighted by atomic mass is 16.4. The van der Waals surface area contributed by atoms with Gasteiger partial charge in [-0.05, 0) is 24.6 Å². The molecular weight excluding hydrogens is 232 g/mol. The van der Waals surface area contributed by atoms with E-state index in [-0.39, 0.29) is 5.92 Å². The molecule has 0 spiro atoms. The van der Waals surface area contributed by atoms with Crippen LogP contribution in [0, 0.1) is 12.8 Å². The van der Waals surface area contributed by atoms with Crippen LogP contribution in [0.25, 0.3) is 11.1 Å². The second-order valence-corrected chi connectivity index (χ2v) is 4.24. The van der Waals surface area contributed by atoms with Gasteiger partial charge in [-0.1, -0.05) is 6.92 Å². The standard InChI is InChI=1S/C13H16N2O3/c1-3-9(13(16)17)7-14-10-4-5-12-11(6-10)15-8(2)18-12/h4-6,9,14H,3,7H2,1-2H3,(H,16,17). The zero-order chi connectivity index (χ0) is 13.1. The Labute approximate surface area is 105 Å². The Bertz CT molecular complexity index is 562. The number of aliphatic carboxylic acids is 1. The first-order chi connectivity index (χ1) is 8.60. The number of nitrogens with one attached hydrogen (secondary N) is 1. The summed E-state index contributed by atoms with van der Waals surface area (Å²) in [6.07, 6.45) is 0.605. The van der Waals surface area contributed by atoms with Crippen LogP contribution in [0.15, 0.2) is 22.6 Å². The molecule has 0 saturated heterocycles. The Balaban J connectivity index is 2.09. The predicted octanol–water partition coefficient (Wildman–Crippen LogP) is 2.66. The van der Waals surface area contributed by atoms with Crippen molar-refractivity contribution in [1.29, 1.82) is 0 Å². The molecule has 0 aliphatic carbocycles. The summed E-state index contributed by atoms with van der Waals surface area (Å²) in [6, 6.07) is 5.56. The van der Waals surface area contributed by atoms with Crippen LogP contribution >= 0.6 is 0 Å². The summed E-state index contributed by atoms with van der Waals surface area (Å²) in [6.45, 7) is 4.07. The zero-order valence-corrected chi connectivity index (χ0v) is 10.4. The minimum absolute atomic E-state index is 0.375. The van der Waals surface area contributed by atoms with Crippen molar-refractivity contribution in [1.82, 2.24) is 4.98 Å². The van der Waals surface area contributed by atoms with Crippen molar-refractivity contribution in [2.75, 3.05) is 11.9 Å². The molecule has 5 nitrogen and oxygen atoms in total. The number of carbonyl (C=O) groups is 1. The molecule has 0 radical (unpaired) electrons. The van der Waals surface area contributed by atoms with E-state index >= 15 is 0 Å². The Hall–Kier alpha value is -2.04. The minimum Gasteiger partial charge on any atom is -0.481 e. The molecule has 1 unspecified atom stereocenters. The third-order valence-corrected chi connectivity index (χ3v) is 2.89. The zero-order valence-electron chi connectivity index (χ0n) is 10.4. The molecule has 1 heterocycles. The molecule has 18 heavy (non-hydrogen) atoms. The molecule has 1 atom stereocenters. The number of hydrogen-bond donors (Lipinski definition) is 2. The number of aromatic nitrogens is 1. The van der Waals surface area contributed by atoms with Gasteiger partial charge in [-0.3, -0.25) is 4.79 Å². The second-order valence-electron chi connectivity index (χ2n) is 4.24. The van der Waals surface area contributed by atoms with Crippen LogP contribution in [0.4, 0.5) is 5.69 Å². The average molecular weight is 248 g/mol. The van der Waals surface area contributed by atoms with Gasteiger partial charge in [-0.2, -0.15) is 0 Å². The van der Waals surface area contributed by atoms with E-state index in [2.05, 4.69) is 10.3 Å². The van der Waals surface area contributed by atoms with Gasteiger partial charge in [-0.15, -0.1) is 0 Å². The molecule has 5 heteroatoms. The normalized spacial score (nSPS) is 12.6. The van der Waals surface area contributed by atoms with Gasteiger partial charge in [0.05, 0.1) is 5.92 Å². The third kappa shape index (κ3) is 2.61. The lowest BCUT2D eigenvalue weighted by Crippen LogP contribution is -2.21. The van der Waals surface area contributed by atoms with Crippen molar-refractivity contribution >= 4 is 22.8 Å². The van der Waals surface area contributed by atoms with E-state index in [1.54, 1.807) is 6.92 Å². The number of carboxylic acid groups (broad SMARTS) is 1. The second kappa shape index (κ2) is 5.08. The van der Waals surface area contributed by atoms with Crippen molar-refractivity contribution in [3.8, 4) is 0 Å². The molecule has 0 bridgehead atoms. The van der Waals surface area contributed by atoms with Crippen LogP contribution in [0.2, 0.25) is 0 Å². The number of anilines is 1. The van der Waals surface area contributed by atoms with E-state index in [1.165, 1.54) is 0 Å². The molecule has 0 aliphatic rings. The molecule has 2 aromatic rings. The largest absolute Gasteiger partial charge is 0.481 e.